The zero-order chi connectivity index (χ0) is 15.9. The van der Waals surface area contributed by atoms with Gasteiger partial charge in [0.15, 0.2) is 0 Å². The van der Waals surface area contributed by atoms with Crippen LogP contribution in [-0.2, 0) is 0 Å². The molecule has 0 aromatic heterocycles. The van der Waals surface area contributed by atoms with Gasteiger partial charge in [-0.3, -0.25) is 4.79 Å². The van der Waals surface area contributed by atoms with E-state index in [4.69, 9.17) is 4.74 Å². The third-order valence-corrected chi connectivity index (χ3v) is 3.34. The maximum Gasteiger partial charge on any atom is 0.271 e. The molecular formula is C18H20N2O2. The molecule has 0 radical (unpaired) electrons. The summed E-state index contributed by atoms with van der Waals surface area (Å²) < 4.78 is 5.05. The molecule has 0 atom stereocenters. The van der Waals surface area contributed by atoms with Gasteiger partial charge in [0, 0.05) is 5.56 Å². The smallest absolute Gasteiger partial charge is 0.271 e. The van der Waals surface area contributed by atoms with E-state index in [1.54, 1.807) is 37.6 Å². The first-order valence-electron chi connectivity index (χ1n) is 7.17. The highest BCUT2D eigenvalue weighted by Crippen LogP contribution is 2.14. The summed E-state index contributed by atoms with van der Waals surface area (Å²) in [6, 6.07) is 15.0. The van der Waals surface area contributed by atoms with Crippen molar-refractivity contribution in [2.24, 2.45) is 5.10 Å². The van der Waals surface area contributed by atoms with Crippen molar-refractivity contribution in [1.82, 2.24) is 5.43 Å². The van der Waals surface area contributed by atoms with Crippen molar-refractivity contribution in [2.75, 3.05) is 7.11 Å². The molecule has 0 saturated heterocycles. The van der Waals surface area contributed by atoms with Crippen molar-refractivity contribution in [3.05, 3.63) is 65.2 Å². The van der Waals surface area contributed by atoms with Crippen molar-refractivity contribution in [3.63, 3.8) is 0 Å². The molecule has 1 N–H and O–H groups in total. The van der Waals surface area contributed by atoms with Crippen LogP contribution in [0.1, 0.15) is 41.3 Å². The Hall–Kier alpha value is -2.62. The Bertz CT molecular complexity index is 644. The van der Waals surface area contributed by atoms with Gasteiger partial charge in [-0.1, -0.05) is 38.1 Å². The van der Waals surface area contributed by atoms with Gasteiger partial charge in [-0.2, -0.15) is 5.10 Å². The molecule has 0 bridgehead atoms. The number of nitrogens with one attached hydrogen (secondary N) is 1. The topological polar surface area (TPSA) is 50.7 Å². The number of nitrogens with zero attached hydrogens (tertiary/aromatic N) is 1. The van der Waals surface area contributed by atoms with E-state index in [2.05, 4.69) is 36.5 Å². The number of ether oxygens (including phenoxy) is 1. The van der Waals surface area contributed by atoms with Crippen LogP contribution in [-0.4, -0.2) is 19.2 Å². The van der Waals surface area contributed by atoms with Crippen molar-refractivity contribution in [3.8, 4) is 5.75 Å². The van der Waals surface area contributed by atoms with Crippen LogP contribution in [0, 0.1) is 0 Å². The van der Waals surface area contributed by atoms with E-state index in [0.717, 1.165) is 5.56 Å². The lowest BCUT2D eigenvalue weighted by Gasteiger charge is -2.04. The molecule has 114 valence electrons. The number of amides is 1. The summed E-state index contributed by atoms with van der Waals surface area (Å²) in [4.78, 5) is 11.9. The molecule has 2 aromatic carbocycles. The first-order valence-corrected chi connectivity index (χ1v) is 7.17. The molecular weight excluding hydrogens is 276 g/mol. The molecule has 0 unspecified atom stereocenters. The number of benzene rings is 2. The fourth-order valence-electron chi connectivity index (χ4n) is 1.94. The normalized spacial score (nSPS) is 10.9. The van der Waals surface area contributed by atoms with Gasteiger partial charge >= 0.3 is 0 Å². The standard InChI is InChI=1S/C18H20N2O2/c1-13(2)15-6-4-14(5-7-15)12-19-20-18(21)16-8-10-17(22-3)11-9-16/h4-13H,1-3H3,(H,20,21)/b19-12-. The number of hydrogen-bond donors (Lipinski definition) is 1. The monoisotopic (exact) mass is 296 g/mol. The van der Waals surface area contributed by atoms with Crippen LogP contribution in [0.15, 0.2) is 53.6 Å². The first kappa shape index (κ1) is 15.8. The average molecular weight is 296 g/mol. The summed E-state index contributed by atoms with van der Waals surface area (Å²) in [5.41, 5.74) is 5.27. The predicted octanol–water partition coefficient (Wildman–Crippen LogP) is 3.58. The molecule has 0 heterocycles. The molecule has 22 heavy (non-hydrogen) atoms. The number of carbonyl (C=O) groups excluding carboxylic acids is 1. The molecule has 2 rings (SSSR count). The third-order valence-electron chi connectivity index (χ3n) is 3.34. The molecule has 4 nitrogen and oxygen atoms in total. The van der Waals surface area contributed by atoms with Crippen LogP contribution in [0.5, 0.6) is 5.75 Å². The lowest BCUT2D eigenvalue weighted by Crippen LogP contribution is -2.17. The second kappa shape index (κ2) is 7.41. The Balaban J connectivity index is 1.94. The van der Waals surface area contributed by atoms with Crippen molar-refractivity contribution in [2.45, 2.75) is 19.8 Å². The van der Waals surface area contributed by atoms with Crippen LogP contribution in [0.4, 0.5) is 0 Å². The van der Waals surface area contributed by atoms with Crippen LogP contribution in [0.25, 0.3) is 0 Å². The fourth-order valence-corrected chi connectivity index (χ4v) is 1.94. The summed E-state index contributed by atoms with van der Waals surface area (Å²) in [7, 11) is 1.59. The Labute approximate surface area is 130 Å². The largest absolute Gasteiger partial charge is 0.497 e. The lowest BCUT2D eigenvalue weighted by atomic mass is 10.0. The van der Waals surface area contributed by atoms with Gasteiger partial charge < -0.3 is 4.74 Å². The Morgan fingerprint density at radius 1 is 1.09 bits per heavy atom. The van der Waals surface area contributed by atoms with E-state index in [9.17, 15) is 4.79 Å². The zero-order valence-corrected chi connectivity index (χ0v) is 13.0. The molecule has 4 heteroatoms. The van der Waals surface area contributed by atoms with Crippen LogP contribution >= 0.6 is 0 Å². The SMILES string of the molecule is COc1ccc(C(=O)N/N=C\c2ccc(C(C)C)cc2)cc1. The first-order chi connectivity index (χ1) is 10.6. The quantitative estimate of drug-likeness (QED) is 0.677. The molecule has 0 fully saturated rings. The average Bonchev–Trinajstić information content (AvgIpc) is 2.55. The van der Waals surface area contributed by atoms with E-state index in [1.165, 1.54) is 5.56 Å². The minimum Gasteiger partial charge on any atom is -0.497 e. The number of rotatable bonds is 5. The summed E-state index contributed by atoms with van der Waals surface area (Å²) in [6.45, 7) is 4.30. The Kier molecular flexibility index (Phi) is 5.31. The highest BCUT2D eigenvalue weighted by atomic mass is 16.5. The summed E-state index contributed by atoms with van der Waals surface area (Å²) in [5.74, 6) is 0.962. The number of methoxy groups -OCH3 is 1. The molecule has 0 aliphatic rings. The van der Waals surface area contributed by atoms with Gasteiger partial charge in [0.25, 0.3) is 5.91 Å². The van der Waals surface area contributed by atoms with Crippen molar-refractivity contribution in [1.29, 1.82) is 0 Å². The second-order valence-electron chi connectivity index (χ2n) is 5.25. The predicted molar refractivity (Wildman–Crippen MR) is 88.6 cm³/mol. The summed E-state index contributed by atoms with van der Waals surface area (Å²) >= 11 is 0. The highest BCUT2D eigenvalue weighted by Gasteiger charge is 2.03. The highest BCUT2D eigenvalue weighted by molar-refractivity contribution is 5.94. The van der Waals surface area contributed by atoms with E-state index in [1.807, 2.05) is 12.1 Å². The van der Waals surface area contributed by atoms with E-state index in [-0.39, 0.29) is 5.91 Å². The zero-order valence-electron chi connectivity index (χ0n) is 13.0. The van der Waals surface area contributed by atoms with Gasteiger partial charge in [-0.25, -0.2) is 5.43 Å². The van der Waals surface area contributed by atoms with Gasteiger partial charge in [0.05, 0.1) is 13.3 Å². The van der Waals surface area contributed by atoms with Gasteiger partial charge in [-0.15, -0.1) is 0 Å². The second-order valence-corrected chi connectivity index (χ2v) is 5.25. The van der Waals surface area contributed by atoms with E-state index in [0.29, 0.717) is 17.2 Å². The minimum atomic E-state index is -0.252. The Morgan fingerprint density at radius 2 is 1.73 bits per heavy atom. The maximum atomic E-state index is 11.9. The van der Waals surface area contributed by atoms with Gasteiger partial charge in [0.1, 0.15) is 5.75 Å². The lowest BCUT2D eigenvalue weighted by molar-refractivity contribution is 0.0955. The molecule has 0 saturated carbocycles. The molecule has 0 aliphatic carbocycles. The molecule has 0 spiro atoms. The van der Waals surface area contributed by atoms with Crippen LogP contribution in [0.3, 0.4) is 0 Å². The number of hydrazone groups is 1. The summed E-state index contributed by atoms with van der Waals surface area (Å²) in [5, 5.41) is 3.98. The number of carbonyl (C=O) groups is 1. The van der Waals surface area contributed by atoms with E-state index >= 15 is 0 Å². The minimum absolute atomic E-state index is 0.252. The summed E-state index contributed by atoms with van der Waals surface area (Å²) in [6.07, 6.45) is 1.63. The maximum absolute atomic E-state index is 11.9. The van der Waals surface area contributed by atoms with Crippen LogP contribution in [0.2, 0.25) is 0 Å². The fraction of sp³-hybridized carbons (Fsp3) is 0.222. The molecule has 0 aliphatic heterocycles. The van der Waals surface area contributed by atoms with Gasteiger partial charge in [-0.05, 0) is 41.3 Å². The molecule has 1 amide bonds. The van der Waals surface area contributed by atoms with Gasteiger partial charge in [0.2, 0.25) is 0 Å². The molecule has 2 aromatic rings. The van der Waals surface area contributed by atoms with Crippen molar-refractivity contribution < 1.29 is 9.53 Å². The Morgan fingerprint density at radius 3 is 2.27 bits per heavy atom. The third kappa shape index (κ3) is 4.19. The van der Waals surface area contributed by atoms with E-state index < -0.39 is 0 Å². The number of hydrogen-bond acceptors (Lipinski definition) is 3. The van der Waals surface area contributed by atoms with Crippen molar-refractivity contribution >= 4 is 12.1 Å². The van der Waals surface area contributed by atoms with Crippen LogP contribution < -0.4 is 10.2 Å².